The summed E-state index contributed by atoms with van der Waals surface area (Å²) < 4.78 is 10.7. The molecule has 3 rings (SSSR count). The average molecular weight is 424 g/mol. The van der Waals surface area contributed by atoms with Crippen molar-refractivity contribution in [1.29, 1.82) is 0 Å². The molecule has 1 aromatic heterocycles. The van der Waals surface area contributed by atoms with E-state index in [9.17, 15) is 9.59 Å². The first-order valence-corrected chi connectivity index (χ1v) is 9.71. The number of hydrogen-bond donors (Lipinski definition) is 1. The first-order chi connectivity index (χ1) is 12.5. The fraction of sp³-hybridized carbons (Fsp3) is 0.556. The highest BCUT2D eigenvalue weighted by Crippen LogP contribution is 2.33. The third kappa shape index (κ3) is 3.47. The molecular weight excluding hydrogens is 402 g/mol. The second kappa shape index (κ2) is 7.73. The van der Waals surface area contributed by atoms with Crippen LogP contribution in [0.3, 0.4) is 0 Å². The van der Waals surface area contributed by atoms with Crippen LogP contribution in [0.15, 0.2) is 15.7 Å². The molecule has 0 aromatic carbocycles. The second-order valence-electron chi connectivity index (χ2n) is 6.32. The lowest BCUT2D eigenvalue weighted by Gasteiger charge is -2.31. The predicted octanol–water partition coefficient (Wildman–Crippen LogP) is 1.83. The molecule has 1 aliphatic carbocycles. The maximum absolute atomic E-state index is 12.5. The van der Waals surface area contributed by atoms with Gasteiger partial charge in [0.05, 0.1) is 13.2 Å². The van der Waals surface area contributed by atoms with Gasteiger partial charge in [0, 0.05) is 15.9 Å². The standard InChI is InChI=1S/C18H22BrN3O4/c1-3-25-16(23)13(17(24)26-4-2)12-11(19)10-20-15-14(12)21-18(22-15)8-6-5-7-9-18/h10H,3-9H2,1-2H3,(H,20,22). The van der Waals surface area contributed by atoms with Gasteiger partial charge < -0.3 is 14.8 Å². The summed E-state index contributed by atoms with van der Waals surface area (Å²) in [5.74, 6) is -0.865. The molecule has 2 aliphatic rings. The number of carbonyl (C=O) groups is 2. The zero-order valence-corrected chi connectivity index (χ0v) is 16.5. The Hall–Kier alpha value is -1.96. The number of ether oxygens (including phenoxy) is 2. The molecule has 0 unspecified atom stereocenters. The van der Waals surface area contributed by atoms with E-state index in [0.717, 1.165) is 25.7 Å². The Balaban J connectivity index is 2.27. The summed E-state index contributed by atoms with van der Waals surface area (Å²) in [6.45, 7) is 3.70. The van der Waals surface area contributed by atoms with E-state index in [1.807, 2.05) is 0 Å². The summed E-state index contributed by atoms with van der Waals surface area (Å²) in [6, 6.07) is 0. The van der Waals surface area contributed by atoms with Crippen LogP contribution >= 0.6 is 15.9 Å². The summed E-state index contributed by atoms with van der Waals surface area (Å²) >= 11 is 3.42. The lowest BCUT2D eigenvalue weighted by Crippen LogP contribution is -2.36. The molecule has 0 radical (unpaired) electrons. The molecule has 140 valence electrons. The van der Waals surface area contributed by atoms with Crippen LogP contribution in [-0.4, -0.2) is 35.8 Å². The number of hydrogen-bond acceptors (Lipinski definition) is 7. The number of anilines is 1. The lowest BCUT2D eigenvalue weighted by atomic mass is 9.90. The van der Waals surface area contributed by atoms with E-state index in [-0.39, 0.29) is 18.8 Å². The molecule has 1 aliphatic heterocycles. The Bertz CT molecular complexity index is 827. The first-order valence-electron chi connectivity index (χ1n) is 8.92. The highest BCUT2D eigenvalue weighted by molar-refractivity contribution is 9.10. The van der Waals surface area contributed by atoms with E-state index < -0.39 is 17.6 Å². The number of pyridine rings is 1. The first kappa shape index (κ1) is 18.8. The summed E-state index contributed by atoms with van der Waals surface area (Å²) in [6.07, 6.45) is 6.70. The van der Waals surface area contributed by atoms with Gasteiger partial charge in [0.2, 0.25) is 0 Å². The maximum atomic E-state index is 12.5. The van der Waals surface area contributed by atoms with E-state index in [1.54, 1.807) is 20.0 Å². The zero-order valence-electron chi connectivity index (χ0n) is 14.9. The SMILES string of the molecule is CCOC(=O)C(C(=O)OCC)=c1c(Br)cnc2c1=NC1(CCCCC1)N2. The van der Waals surface area contributed by atoms with Crippen molar-refractivity contribution in [1.82, 2.24) is 4.98 Å². The van der Waals surface area contributed by atoms with Crippen molar-refractivity contribution in [2.75, 3.05) is 18.5 Å². The predicted molar refractivity (Wildman–Crippen MR) is 98.8 cm³/mol. The number of aromatic nitrogens is 1. The van der Waals surface area contributed by atoms with Crippen LogP contribution in [-0.2, 0) is 19.1 Å². The number of halogens is 1. The van der Waals surface area contributed by atoms with Gasteiger partial charge in [0.1, 0.15) is 11.0 Å². The van der Waals surface area contributed by atoms with Crippen molar-refractivity contribution < 1.29 is 19.1 Å². The summed E-state index contributed by atoms with van der Waals surface area (Å²) in [5.41, 5.74) is -0.560. The third-order valence-corrected chi connectivity index (χ3v) is 5.17. The Morgan fingerprint density at radius 3 is 2.35 bits per heavy atom. The minimum atomic E-state index is -0.722. The minimum absolute atomic E-state index is 0.155. The summed E-state index contributed by atoms with van der Waals surface area (Å²) in [7, 11) is 0. The van der Waals surface area contributed by atoms with Crippen LogP contribution in [0.4, 0.5) is 5.82 Å². The molecule has 0 saturated heterocycles. The molecular formula is C18H22BrN3O4. The minimum Gasteiger partial charge on any atom is -0.462 e. The molecule has 1 saturated carbocycles. The van der Waals surface area contributed by atoms with Crippen LogP contribution < -0.4 is 15.9 Å². The van der Waals surface area contributed by atoms with Gasteiger partial charge in [-0.3, -0.25) is 4.99 Å². The molecule has 8 heteroatoms. The number of rotatable bonds is 4. The second-order valence-corrected chi connectivity index (χ2v) is 7.18. The largest absolute Gasteiger partial charge is 0.462 e. The van der Waals surface area contributed by atoms with E-state index >= 15 is 0 Å². The Labute approximate surface area is 160 Å². The normalized spacial score (nSPS) is 17.0. The van der Waals surface area contributed by atoms with Crippen LogP contribution in [0.5, 0.6) is 0 Å². The summed E-state index contributed by atoms with van der Waals surface area (Å²) in [4.78, 5) is 34.3. The van der Waals surface area contributed by atoms with E-state index in [4.69, 9.17) is 14.5 Å². The number of esters is 2. The van der Waals surface area contributed by atoms with Gasteiger partial charge >= 0.3 is 11.9 Å². The lowest BCUT2D eigenvalue weighted by molar-refractivity contribution is -0.142. The topological polar surface area (TPSA) is 89.9 Å². The van der Waals surface area contributed by atoms with Crippen LogP contribution in [0, 0.1) is 0 Å². The average Bonchev–Trinajstić information content (AvgIpc) is 2.96. The molecule has 26 heavy (non-hydrogen) atoms. The van der Waals surface area contributed by atoms with Gasteiger partial charge in [-0.25, -0.2) is 14.6 Å². The van der Waals surface area contributed by atoms with Gasteiger partial charge in [-0.05, 0) is 55.5 Å². The highest BCUT2D eigenvalue weighted by atomic mass is 79.9. The smallest absolute Gasteiger partial charge is 0.346 e. The molecule has 0 bridgehead atoms. The van der Waals surface area contributed by atoms with Crippen LogP contribution in [0.2, 0.25) is 0 Å². The zero-order chi connectivity index (χ0) is 18.7. The van der Waals surface area contributed by atoms with Gasteiger partial charge in [-0.1, -0.05) is 6.42 Å². The van der Waals surface area contributed by atoms with Gasteiger partial charge in [0.25, 0.3) is 0 Å². The molecule has 0 atom stereocenters. The number of carbonyl (C=O) groups excluding carboxylic acids is 2. The van der Waals surface area contributed by atoms with Crippen LogP contribution in [0.1, 0.15) is 46.0 Å². The molecule has 1 spiro atoms. The molecule has 2 heterocycles. The monoisotopic (exact) mass is 423 g/mol. The molecule has 0 amide bonds. The molecule has 1 N–H and O–H groups in total. The van der Waals surface area contributed by atoms with Crippen LogP contribution in [0.25, 0.3) is 5.57 Å². The molecule has 1 fully saturated rings. The van der Waals surface area contributed by atoms with Crippen molar-refractivity contribution in [3.63, 3.8) is 0 Å². The number of nitrogens with zero attached hydrogens (tertiary/aromatic N) is 2. The van der Waals surface area contributed by atoms with E-state index in [2.05, 4.69) is 26.2 Å². The third-order valence-electron chi connectivity index (χ3n) is 4.57. The quantitative estimate of drug-likeness (QED) is 0.586. The van der Waals surface area contributed by atoms with Crippen molar-refractivity contribution in [3.8, 4) is 0 Å². The molecule has 7 nitrogen and oxygen atoms in total. The Morgan fingerprint density at radius 1 is 1.15 bits per heavy atom. The van der Waals surface area contributed by atoms with Gasteiger partial charge in [0.15, 0.2) is 11.4 Å². The van der Waals surface area contributed by atoms with Gasteiger partial charge in [-0.2, -0.15) is 0 Å². The number of nitrogens with one attached hydrogen (secondary N) is 1. The number of fused-ring (bicyclic) bond motifs is 1. The molecule has 1 aromatic rings. The van der Waals surface area contributed by atoms with Crippen molar-refractivity contribution in [2.45, 2.75) is 51.6 Å². The van der Waals surface area contributed by atoms with E-state index in [0.29, 0.717) is 20.9 Å². The van der Waals surface area contributed by atoms with Gasteiger partial charge in [-0.15, -0.1) is 0 Å². The fourth-order valence-electron chi connectivity index (χ4n) is 3.45. The highest BCUT2D eigenvalue weighted by Gasteiger charge is 2.37. The van der Waals surface area contributed by atoms with E-state index in [1.165, 1.54) is 6.42 Å². The maximum Gasteiger partial charge on any atom is 0.346 e. The Kier molecular flexibility index (Phi) is 5.60. The summed E-state index contributed by atoms with van der Waals surface area (Å²) in [5, 5.41) is 4.29. The van der Waals surface area contributed by atoms with Crippen molar-refractivity contribution >= 4 is 39.3 Å². The van der Waals surface area contributed by atoms with Crippen molar-refractivity contribution in [2.24, 2.45) is 4.99 Å². The Morgan fingerprint density at radius 2 is 1.77 bits per heavy atom. The fourth-order valence-corrected chi connectivity index (χ4v) is 3.93. The van der Waals surface area contributed by atoms with Crippen molar-refractivity contribution in [3.05, 3.63) is 21.2 Å².